The summed E-state index contributed by atoms with van der Waals surface area (Å²) in [4.78, 5) is 28.1. The van der Waals surface area contributed by atoms with Gasteiger partial charge in [-0.25, -0.2) is 8.42 Å². The summed E-state index contributed by atoms with van der Waals surface area (Å²) >= 11 is 12.4. The van der Waals surface area contributed by atoms with Crippen LogP contribution in [0.4, 0.5) is 5.69 Å². The second-order valence-electron chi connectivity index (χ2n) is 8.83. The van der Waals surface area contributed by atoms with Gasteiger partial charge in [-0.2, -0.15) is 0 Å². The van der Waals surface area contributed by atoms with Crippen molar-refractivity contribution < 1.29 is 22.7 Å². The summed E-state index contributed by atoms with van der Waals surface area (Å²) in [6.45, 7) is 3.13. The molecule has 1 atom stereocenters. The highest BCUT2D eigenvalue weighted by Crippen LogP contribution is 2.32. The molecule has 2 amide bonds. The third-order valence-electron chi connectivity index (χ3n) is 6.21. The van der Waals surface area contributed by atoms with E-state index in [0.717, 1.165) is 15.4 Å². The van der Waals surface area contributed by atoms with Crippen LogP contribution in [0.15, 0.2) is 71.6 Å². The van der Waals surface area contributed by atoms with Crippen LogP contribution < -0.4 is 14.4 Å². The molecule has 39 heavy (non-hydrogen) atoms. The van der Waals surface area contributed by atoms with E-state index >= 15 is 0 Å². The quantitative estimate of drug-likeness (QED) is 0.336. The molecule has 0 fully saturated rings. The van der Waals surface area contributed by atoms with E-state index in [1.54, 1.807) is 43.3 Å². The smallest absolute Gasteiger partial charge is 0.264 e. The molecule has 0 spiro atoms. The lowest BCUT2D eigenvalue weighted by Crippen LogP contribution is -2.51. The van der Waals surface area contributed by atoms with Crippen molar-refractivity contribution in [1.82, 2.24) is 10.2 Å². The molecule has 0 aromatic heterocycles. The lowest BCUT2D eigenvalue weighted by molar-refractivity contribution is -0.140. The first-order valence-corrected chi connectivity index (χ1v) is 14.4. The number of anilines is 1. The molecule has 11 heteroatoms. The van der Waals surface area contributed by atoms with Crippen molar-refractivity contribution >= 4 is 50.7 Å². The number of nitrogens with zero attached hydrogens (tertiary/aromatic N) is 2. The normalized spacial score (nSPS) is 11.9. The number of carbonyl (C=O) groups excluding carboxylic acids is 2. The van der Waals surface area contributed by atoms with Gasteiger partial charge in [-0.1, -0.05) is 60.0 Å². The Hall–Kier alpha value is -3.27. The highest BCUT2D eigenvalue weighted by atomic mass is 35.5. The maximum Gasteiger partial charge on any atom is 0.264 e. The Labute approximate surface area is 239 Å². The summed E-state index contributed by atoms with van der Waals surface area (Å²) < 4.78 is 34.0. The molecule has 0 saturated carbocycles. The lowest BCUT2D eigenvalue weighted by atomic mass is 10.1. The number of likely N-dealkylation sites (N-methyl/N-ethyl adjacent to an activating group) is 1. The van der Waals surface area contributed by atoms with Gasteiger partial charge >= 0.3 is 0 Å². The van der Waals surface area contributed by atoms with Crippen LogP contribution in [-0.4, -0.2) is 51.9 Å². The van der Waals surface area contributed by atoms with Crippen LogP contribution in [0, 0.1) is 6.92 Å². The molecule has 0 aliphatic carbocycles. The summed E-state index contributed by atoms with van der Waals surface area (Å²) in [5.41, 5.74) is 1.79. The second-order valence-corrected chi connectivity index (χ2v) is 11.5. The molecular formula is C28H31Cl2N3O5S. The van der Waals surface area contributed by atoms with Crippen molar-refractivity contribution in [3.8, 4) is 5.75 Å². The molecule has 208 valence electrons. The van der Waals surface area contributed by atoms with Crippen LogP contribution >= 0.6 is 23.2 Å². The van der Waals surface area contributed by atoms with Crippen molar-refractivity contribution in [2.75, 3.05) is 25.0 Å². The van der Waals surface area contributed by atoms with E-state index in [1.165, 1.54) is 49.4 Å². The average Bonchev–Trinajstić information content (AvgIpc) is 2.92. The van der Waals surface area contributed by atoms with Crippen LogP contribution in [0.25, 0.3) is 0 Å². The Bertz CT molecular complexity index is 1410. The minimum atomic E-state index is -4.20. The maximum absolute atomic E-state index is 13.9. The summed E-state index contributed by atoms with van der Waals surface area (Å²) in [5.74, 6) is -0.572. The molecule has 0 saturated heterocycles. The Morgan fingerprint density at radius 1 is 1.00 bits per heavy atom. The highest BCUT2D eigenvalue weighted by molar-refractivity contribution is 7.92. The molecule has 0 radical (unpaired) electrons. The molecule has 0 unspecified atom stereocenters. The third kappa shape index (κ3) is 7.23. The van der Waals surface area contributed by atoms with E-state index in [4.69, 9.17) is 27.9 Å². The lowest BCUT2D eigenvalue weighted by Gasteiger charge is -2.33. The Morgan fingerprint density at radius 2 is 1.64 bits per heavy atom. The molecule has 8 nitrogen and oxygen atoms in total. The zero-order chi connectivity index (χ0) is 28.7. The second kappa shape index (κ2) is 13.2. The van der Waals surface area contributed by atoms with E-state index < -0.39 is 28.5 Å². The molecule has 0 aliphatic rings. The molecular weight excluding hydrogens is 561 g/mol. The van der Waals surface area contributed by atoms with E-state index in [-0.39, 0.29) is 28.1 Å². The fourth-order valence-electron chi connectivity index (χ4n) is 4.05. The van der Waals surface area contributed by atoms with Crippen LogP contribution in [0.1, 0.15) is 24.5 Å². The van der Waals surface area contributed by atoms with Gasteiger partial charge in [0.2, 0.25) is 11.8 Å². The average molecular weight is 593 g/mol. The van der Waals surface area contributed by atoms with Crippen molar-refractivity contribution in [3.63, 3.8) is 0 Å². The van der Waals surface area contributed by atoms with Crippen molar-refractivity contribution in [3.05, 3.63) is 87.9 Å². The van der Waals surface area contributed by atoms with Gasteiger partial charge in [0.15, 0.2) is 0 Å². The standard InChI is InChI=1S/C28H31Cl2N3O5S/c1-5-25(28(35)31-3)32(17-20-8-10-21(29)11-9-20)27(34)18-33(22-12-15-26(38-4)24(30)16-22)39(36,37)23-13-6-19(2)7-14-23/h6-16,25H,5,17-18H2,1-4H3,(H,31,35)/t25-/m1/s1. The van der Waals surface area contributed by atoms with Gasteiger partial charge in [0.05, 0.1) is 22.7 Å². The summed E-state index contributed by atoms with van der Waals surface area (Å²) in [7, 11) is -1.27. The number of methoxy groups -OCH3 is 1. The first kappa shape index (κ1) is 30.3. The van der Waals surface area contributed by atoms with E-state index in [9.17, 15) is 18.0 Å². The minimum absolute atomic E-state index is 0.00966. The maximum atomic E-state index is 13.9. The molecule has 0 heterocycles. The number of rotatable bonds is 11. The first-order valence-electron chi connectivity index (χ1n) is 12.2. The van der Waals surface area contributed by atoms with Crippen molar-refractivity contribution in [1.29, 1.82) is 0 Å². The monoisotopic (exact) mass is 591 g/mol. The number of hydrogen-bond acceptors (Lipinski definition) is 5. The van der Waals surface area contributed by atoms with Crippen LogP contribution in [0.5, 0.6) is 5.75 Å². The van der Waals surface area contributed by atoms with Gasteiger partial charge < -0.3 is 15.0 Å². The Kier molecular flexibility index (Phi) is 10.2. The fraction of sp³-hybridized carbons (Fsp3) is 0.286. The number of aryl methyl sites for hydroxylation is 1. The zero-order valence-electron chi connectivity index (χ0n) is 22.1. The van der Waals surface area contributed by atoms with Gasteiger partial charge in [-0.3, -0.25) is 13.9 Å². The zero-order valence-corrected chi connectivity index (χ0v) is 24.5. The van der Waals surface area contributed by atoms with Gasteiger partial charge in [0.25, 0.3) is 10.0 Å². The van der Waals surface area contributed by atoms with Crippen LogP contribution in [0.3, 0.4) is 0 Å². The number of nitrogens with one attached hydrogen (secondary N) is 1. The van der Waals surface area contributed by atoms with E-state index in [0.29, 0.717) is 17.2 Å². The number of hydrogen-bond donors (Lipinski definition) is 1. The van der Waals surface area contributed by atoms with Crippen molar-refractivity contribution in [2.24, 2.45) is 0 Å². The number of halogens is 2. The number of amides is 2. The van der Waals surface area contributed by atoms with E-state index in [2.05, 4.69) is 5.32 Å². The topological polar surface area (TPSA) is 96.0 Å². The molecule has 3 aromatic rings. The van der Waals surface area contributed by atoms with Crippen LogP contribution in [0.2, 0.25) is 10.0 Å². The highest BCUT2D eigenvalue weighted by Gasteiger charge is 2.33. The SMILES string of the molecule is CC[C@H](C(=O)NC)N(Cc1ccc(Cl)cc1)C(=O)CN(c1ccc(OC)c(Cl)c1)S(=O)(=O)c1ccc(C)cc1. The number of sulfonamides is 1. The largest absolute Gasteiger partial charge is 0.495 e. The Morgan fingerprint density at radius 3 is 2.18 bits per heavy atom. The fourth-order valence-corrected chi connectivity index (χ4v) is 5.83. The van der Waals surface area contributed by atoms with Crippen molar-refractivity contribution in [2.45, 2.75) is 37.8 Å². The Balaban J connectivity index is 2.09. The predicted molar refractivity (Wildman–Crippen MR) is 154 cm³/mol. The molecule has 1 N–H and O–H groups in total. The molecule has 0 aliphatic heterocycles. The third-order valence-corrected chi connectivity index (χ3v) is 8.55. The van der Waals surface area contributed by atoms with Crippen LogP contribution in [-0.2, 0) is 26.2 Å². The summed E-state index contributed by atoms with van der Waals surface area (Å²) in [6.07, 6.45) is 0.318. The van der Waals surface area contributed by atoms with Gasteiger partial charge in [-0.05, 0) is 61.4 Å². The number of benzene rings is 3. The number of ether oxygens (including phenoxy) is 1. The van der Waals surface area contributed by atoms with Gasteiger partial charge in [0.1, 0.15) is 18.3 Å². The summed E-state index contributed by atoms with van der Waals surface area (Å²) in [5, 5.41) is 3.31. The first-order chi connectivity index (χ1) is 18.5. The molecule has 0 bridgehead atoms. The van der Waals surface area contributed by atoms with E-state index in [1.807, 2.05) is 6.92 Å². The molecule has 3 aromatic carbocycles. The van der Waals surface area contributed by atoms with Gasteiger partial charge in [-0.15, -0.1) is 0 Å². The van der Waals surface area contributed by atoms with Gasteiger partial charge in [0, 0.05) is 18.6 Å². The minimum Gasteiger partial charge on any atom is -0.495 e. The predicted octanol–water partition coefficient (Wildman–Crippen LogP) is 5.06. The molecule has 3 rings (SSSR count). The summed E-state index contributed by atoms with van der Waals surface area (Å²) in [6, 6.07) is 16.9. The number of carbonyl (C=O) groups is 2.